The van der Waals surface area contributed by atoms with E-state index in [1.165, 1.54) is 0 Å². The summed E-state index contributed by atoms with van der Waals surface area (Å²) in [6.07, 6.45) is 1.33. The van der Waals surface area contributed by atoms with Crippen molar-refractivity contribution in [1.29, 1.82) is 0 Å². The quantitative estimate of drug-likeness (QED) is 0.691. The molecule has 0 saturated carbocycles. The van der Waals surface area contributed by atoms with Gasteiger partial charge in [-0.1, -0.05) is 11.3 Å². The normalized spacial score (nSPS) is 11.5. The number of aliphatic hydroxyl groups is 1. The molecule has 1 unspecified atom stereocenters. The van der Waals surface area contributed by atoms with Crippen LogP contribution in [0.25, 0.3) is 0 Å². The minimum absolute atomic E-state index is 0. The van der Waals surface area contributed by atoms with E-state index in [1.54, 1.807) is 31.6 Å². The minimum Gasteiger partial charge on any atom is -1.00 e. The van der Waals surface area contributed by atoms with Crippen LogP contribution in [0.1, 0.15) is 11.7 Å². The highest BCUT2D eigenvalue weighted by Crippen LogP contribution is 2.29. The Morgan fingerprint density at radius 3 is 2.68 bits per heavy atom. The van der Waals surface area contributed by atoms with Crippen molar-refractivity contribution in [3.05, 3.63) is 40.8 Å². The molecule has 1 atom stereocenters. The first-order valence-electron chi connectivity index (χ1n) is 5.56. The zero-order valence-electron chi connectivity index (χ0n) is 10.7. The average molecular weight is 346 g/mol. The molecule has 0 aliphatic carbocycles. The standard InChI is InChI=1S/C13H16NO3S.BrH/c1-16-10-3-4-11(13(7-10)17-2)12(15)8-14-5-6-18-9-14;/h3-7,9,12,15H,8H2,1-2H3;1H/q+1;/p-1. The zero-order chi connectivity index (χ0) is 13.0. The van der Waals surface area contributed by atoms with Gasteiger partial charge in [-0.25, -0.2) is 0 Å². The fourth-order valence-electron chi connectivity index (χ4n) is 1.76. The fourth-order valence-corrected chi connectivity index (χ4v) is 2.37. The molecule has 0 saturated heterocycles. The summed E-state index contributed by atoms with van der Waals surface area (Å²) < 4.78 is 12.4. The summed E-state index contributed by atoms with van der Waals surface area (Å²) in [4.78, 5) is 0. The lowest BCUT2D eigenvalue weighted by atomic mass is 10.1. The van der Waals surface area contributed by atoms with E-state index >= 15 is 0 Å². The highest BCUT2D eigenvalue weighted by atomic mass is 79.9. The average Bonchev–Trinajstić information content (AvgIpc) is 2.90. The Hall–Kier alpha value is -1.11. The molecule has 1 heterocycles. The number of nitrogens with zero attached hydrogens (tertiary/aromatic N) is 1. The van der Waals surface area contributed by atoms with E-state index in [0.717, 1.165) is 5.56 Å². The molecule has 0 spiro atoms. The Balaban J connectivity index is 0.00000180. The van der Waals surface area contributed by atoms with Crippen LogP contribution in [-0.4, -0.2) is 19.3 Å². The molecular formula is C13H16BrNO3S. The zero-order valence-corrected chi connectivity index (χ0v) is 13.1. The lowest BCUT2D eigenvalue weighted by Crippen LogP contribution is -3.00. The fraction of sp³-hybridized carbons (Fsp3) is 0.308. The number of thiazole rings is 1. The molecule has 1 aromatic heterocycles. The second-order valence-electron chi connectivity index (χ2n) is 3.85. The molecule has 0 fully saturated rings. The Labute approximate surface area is 127 Å². The largest absolute Gasteiger partial charge is 1.00 e. The molecule has 4 nitrogen and oxygen atoms in total. The first kappa shape index (κ1) is 15.9. The molecule has 1 aromatic carbocycles. The molecule has 0 aliphatic rings. The molecular weight excluding hydrogens is 330 g/mol. The van der Waals surface area contributed by atoms with Gasteiger partial charge in [0.15, 0.2) is 12.7 Å². The van der Waals surface area contributed by atoms with Gasteiger partial charge >= 0.3 is 0 Å². The lowest BCUT2D eigenvalue weighted by molar-refractivity contribution is -0.700. The summed E-state index contributed by atoms with van der Waals surface area (Å²) in [5.41, 5.74) is 2.72. The number of aromatic nitrogens is 1. The van der Waals surface area contributed by atoms with Gasteiger partial charge in [0.1, 0.15) is 17.6 Å². The molecule has 2 aromatic rings. The van der Waals surface area contributed by atoms with E-state index in [4.69, 9.17) is 9.47 Å². The van der Waals surface area contributed by atoms with Crippen LogP contribution in [0, 0.1) is 0 Å². The summed E-state index contributed by atoms with van der Waals surface area (Å²) in [6.45, 7) is 0.506. The number of hydrogen-bond acceptors (Lipinski definition) is 4. The second-order valence-corrected chi connectivity index (χ2v) is 4.60. The monoisotopic (exact) mass is 345 g/mol. The van der Waals surface area contributed by atoms with Crippen molar-refractivity contribution in [3.8, 4) is 11.5 Å². The molecule has 1 N–H and O–H groups in total. The van der Waals surface area contributed by atoms with Crippen LogP contribution < -0.4 is 31.0 Å². The third-order valence-corrected chi connectivity index (χ3v) is 3.38. The number of halogens is 1. The summed E-state index contributed by atoms with van der Waals surface area (Å²) in [5, 5.41) is 12.2. The summed E-state index contributed by atoms with van der Waals surface area (Å²) in [7, 11) is 3.19. The topological polar surface area (TPSA) is 42.6 Å². The van der Waals surface area contributed by atoms with Crippen molar-refractivity contribution >= 4 is 11.3 Å². The molecule has 0 radical (unpaired) electrons. The number of ether oxygens (including phenoxy) is 2. The second kappa shape index (κ2) is 7.47. The van der Waals surface area contributed by atoms with Crippen molar-refractivity contribution in [1.82, 2.24) is 0 Å². The van der Waals surface area contributed by atoms with Crippen LogP contribution in [0.3, 0.4) is 0 Å². The predicted molar refractivity (Wildman–Crippen MR) is 69.0 cm³/mol. The number of rotatable bonds is 5. The molecule has 19 heavy (non-hydrogen) atoms. The highest BCUT2D eigenvalue weighted by molar-refractivity contribution is 7.07. The number of hydrogen-bond donors (Lipinski definition) is 1. The first-order valence-corrected chi connectivity index (χ1v) is 6.50. The maximum atomic E-state index is 10.2. The van der Waals surface area contributed by atoms with Crippen LogP contribution in [-0.2, 0) is 6.54 Å². The summed E-state index contributed by atoms with van der Waals surface area (Å²) >= 11 is 1.59. The molecule has 0 aliphatic heterocycles. The van der Waals surface area contributed by atoms with E-state index < -0.39 is 6.10 Å². The van der Waals surface area contributed by atoms with Crippen LogP contribution in [0.2, 0.25) is 0 Å². The lowest BCUT2D eigenvalue weighted by Gasteiger charge is -2.13. The van der Waals surface area contributed by atoms with Gasteiger partial charge in [0.05, 0.1) is 19.6 Å². The molecule has 0 bridgehead atoms. The molecule has 2 rings (SSSR count). The van der Waals surface area contributed by atoms with E-state index in [1.807, 2.05) is 33.8 Å². The molecule has 104 valence electrons. The SMILES string of the molecule is COc1ccc(C(O)C[n+]2ccsc2)c(OC)c1.[Br-]. The third-order valence-electron chi connectivity index (χ3n) is 2.71. The van der Waals surface area contributed by atoms with Crippen LogP contribution in [0.15, 0.2) is 35.3 Å². The Bertz CT molecular complexity index is 505. The van der Waals surface area contributed by atoms with Gasteiger partial charge in [0.2, 0.25) is 5.51 Å². The van der Waals surface area contributed by atoms with Gasteiger partial charge in [-0.2, -0.15) is 4.57 Å². The van der Waals surface area contributed by atoms with Gasteiger partial charge in [-0.15, -0.1) is 0 Å². The Morgan fingerprint density at radius 1 is 1.32 bits per heavy atom. The Morgan fingerprint density at radius 2 is 2.11 bits per heavy atom. The van der Waals surface area contributed by atoms with E-state index in [-0.39, 0.29) is 17.0 Å². The number of methoxy groups -OCH3 is 2. The molecule has 0 amide bonds. The maximum absolute atomic E-state index is 10.2. The van der Waals surface area contributed by atoms with Crippen LogP contribution in [0.5, 0.6) is 11.5 Å². The summed E-state index contributed by atoms with van der Waals surface area (Å²) in [6, 6.07) is 5.42. The van der Waals surface area contributed by atoms with Crippen molar-refractivity contribution < 1.29 is 36.1 Å². The van der Waals surface area contributed by atoms with Gasteiger partial charge in [-0.3, -0.25) is 0 Å². The summed E-state index contributed by atoms with van der Waals surface area (Å²) in [5.74, 6) is 1.35. The Kier molecular flexibility index (Phi) is 6.27. The van der Waals surface area contributed by atoms with Crippen molar-refractivity contribution in [2.24, 2.45) is 0 Å². The van der Waals surface area contributed by atoms with E-state index in [2.05, 4.69) is 0 Å². The molecule has 6 heteroatoms. The minimum atomic E-state index is -0.606. The number of aliphatic hydroxyl groups excluding tert-OH is 1. The maximum Gasteiger partial charge on any atom is 0.224 e. The van der Waals surface area contributed by atoms with Gasteiger partial charge in [-0.05, 0) is 12.1 Å². The van der Waals surface area contributed by atoms with Crippen LogP contribution in [0.4, 0.5) is 0 Å². The van der Waals surface area contributed by atoms with E-state index in [0.29, 0.717) is 18.0 Å². The van der Waals surface area contributed by atoms with Crippen LogP contribution >= 0.6 is 11.3 Å². The van der Waals surface area contributed by atoms with Crippen molar-refractivity contribution in [3.63, 3.8) is 0 Å². The van der Waals surface area contributed by atoms with Gasteiger partial charge < -0.3 is 31.6 Å². The predicted octanol–water partition coefficient (Wildman–Crippen LogP) is -1.21. The van der Waals surface area contributed by atoms with Gasteiger partial charge in [0.25, 0.3) is 0 Å². The number of benzene rings is 1. The van der Waals surface area contributed by atoms with Gasteiger partial charge in [0, 0.05) is 11.6 Å². The van der Waals surface area contributed by atoms with Crippen molar-refractivity contribution in [2.75, 3.05) is 14.2 Å². The van der Waals surface area contributed by atoms with Crippen molar-refractivity contribution in [2.45, 2.75) is 12.6 Å². The highest BCUT2D eigenvalue weighted by Gasteiger charge is 2.18. The first-order chi connectivity index (χ1) is 8.74. The smallest absolute Gasteiger partial charge is 0.224 e. The third kappa shape index (κ3) is 3.92. The van der Waals surface area contributed by atoms with E-state index in [9.17, 15) is 5.11 Å².